The normalized spacial score (nSPS) is 25.6. The van der Waals surface area contributed by atoms with Crippen molar-refractivity contribution in [3.8, 4) is 11.6 Å². The lowest BCUT2D eigenvalue weighted by atomic mass is 9.80. The van der Waals surface area contributed by atoms with Crippen LogP contribution < -0.4 is 34.2 Å². The van der Waals surface area contributed by atoms with Gasteiger partial charge in [0.15, 0.2) is 11.6 Å². The minimum Gasteiger partial charge on any atom is -0.493 e. The van der Waals surface area contributed by atoms with E-state index in [2.05, 4.69) is 88.6 Å². The smallest absolute Gasteiger partial charge is 0.293 e. The fraction of sp³-hybridized carbons (Fsp3) is 0.537. The molecule has 6 fully saturated rings. The molecule has 0 bridgehead atoms. The Morgan fingerprint density at radius 2 is 1.64 bits per heavy atom. The van der Waals surface area contributed by atoms with E-state index in [4.69, 9.17) is 28.9 Å². The van der Waals surface area contributed by atoms with Crippen LogP contribution in [-0.4, -0.2) is 183 Å². The fourth-order valence-corrected chi connectivity index (χ4v) is 16.2. The number of aromatic nitrogens is 3. The molecule has 3 aromatic heterocycles. The summed E-state index contributed by atoms with van der Waals surface area (Å²) >= 11 is 0. The van der Waals surface area contributed by atoms with Gasteiger partial charge in [-0.05, 0) is 142 Å². The maximum atomic E-state index is 14.9. The lowest BCUT2D eigenvalue weighted by Crippen LogP contribution is -2.55. The zero-order valence-corrected chi connectivity index (χ0v) is 53.0. The number of carbonyl (C=O) groups is 1. The highest BCUT2D eigenvalue weighted by atomic mass is 32.2. The van der Waals surface area contributed by atoms with Crippen LogP contribution in [0.1, 0.15) is 118 Å². The summed E-state index contributed by atoms with van der Waals surface area (Å²) in [4.78, 5) is 54.1. The number of H-pyrrole nitrogens is 1. The second-order valence-corrected chi connectivity index (χ2v) is 28.0. The lowest BCUT2D eigenvalue weighted by molar-refractivity contribution is -0.384. The van der Waals surface area contributed by atoms with E-state index in [0.29, 0.717) is 93.1 Å². The number of anilines is 5. The van der Waals surface area contributed by atoms with Gasteiger partial charge in [0.25, 0.3) is 21.6 Å². The van der Waals surface area contributed by atoms with Crippen LogP contribution in [0.5, 0.6) is 11.6 Å². The van der Waals surface area contributed by atoms with E-state index in [9.17, 15) is 28.4 Å². The standard InChI is InChI=1S/C67H86N12O10S/c1-44(2)52-7-5-6-8-53(52)60-42-73(41-46-35-61(86-4)64(70-40-46)76-30-33-87-34-31-76)24-29-77(60)49-11-9-48(10-12-49)74-25-27-75(28-26-74)50-13-15-54(57(37-50)78-56-20-32-88-43-62(56)89-66-59(78)36-47-19-23-68-63(47)71-66)65(80)72-90(84,85)51-14-16-55(58(38-51)79(82)83)69-39-45-17-21-67(3,81)22-18-45/h5-8,13-16,19,23,35-38,40,44-45,48-49,56,60,62,69,81H,9-12,17-18,20-22,24-34,39,41-43H2,1-4H3,(H,68,71)(H,72,80)/t45-,48?,49?,56-,60-,62-,67-/m0/s1. The second kappa shape index (κ2) is 26.2. The van der Waals surface area contributed by atoms with Crippen LogP contribution in [0.4, 0.5) is 34.3 Å². The van der Waals surface area contributed by atoms with Gasteiger partial charge in [-0.15, -0.1) is 0 Å². The molecule has 0 unspecified atom stereocenters. The molecule has 0 radical (unpaired) electrons. The number of nitro groups is 1. The van der Waals surface area contributed by atoms with Gasteiger partial charge in [0.2, 0.25) is 5.88 Å². The van der Waals surface area contributed by atoms with Gasteiger partial charge in [0.05, 0.1) is 59.6 Å². The van der Waals surface area contributed by atoms with Crippen LogP contribution in [0.3, 0.4) is 0 Å². The van der Waals surface area contributed by atoms with E-state index in [1.165, 1.54) is 23.3 Å². The number of benzene rings is 3. The zero-order valence-electron chi connectivity index (χ0n) is 52.2. The molecule has 1 amide bonds. The van der Waals surface area contributed by atoms with E-state index < -0.39 is 43.1 Å². The lowest BCUT2D eigenvalue weighted by Gasteiger charge is -2.49. The third kappa shape index (κ3) is 13.0. The van der Waals surface area contributed by atoms with Gasteiger partial charge in [-0.1, -0.05) is 38.1 Å². The molecule has 8 heterocycles. The van der Waals surface area contributed by atoms with Gasteiger partial charge in [-0.25, -0.2) is 18.1 Å². The van der Waals surface area contributed by atoms with E-state index >= 15 is 0 Å². The van der Waals surface area contributed by atoms with Crippen LogP contribution in [-0.2, 0) is 26.0 Å². The molecular weight excluding hydrogens is 1160 g/mol. The first-order valence-electron chi connectivity index (χ1n) is 32.5. The Bertz CT molecular complexity index is 3670. The zero-order chi connectivity index (χ0) is 62.3. The van der Waals surface area contributed by atoms with Gasteiger partial charge < -0.3 is 49.1 Å². The number of nitrogens with one attached hydrogen (secondary N) is 3. The number of hydrogen-bond donors (Lipinski definition) is 4. The first-order chi connectivity index (χ1) is 43.6. The monoisotopic (exact) mass is 1250 g/mol. The highest BCUT2D eigenvalue weighted by Crippen LogP contribution is 2.47. The molecule has 90 heavy (non-hydrogen) atoms. The number of aromatic amines is 1. The number of fused-ring (bicyclic) bond motifs is 3. The van der Waals surface area contributed by atoms with Crippen molar-refractivity contribution in [2.75, 3.05) is 119 Å². The van der Waals surface area contributed by atoms with Gasteiger partial charge >= 0.3 is 0 Å². The molecule has 480 valence electrons. The number of aliphatic hydroxyl groups is 1. The fourth-order valence-electron chi connectivity index (χ4n) is 15.2. The quantitative estimate of drug-likeness (QED) is 0.0492. The first-order valence-corrected chi connectivity index (χ1v) is 33.9. The summed E-state index contributed by atoms with van der Waals surface area (Å²) in [6.45, 7) is 17.5. The number of amides is 1. The van der Waals surface area contributed by atoms with Crippen molar-refractivity contribution in [1.29, 1.82) is 0 Å². The summed E-state index contributed by atoms with van der Waals surface area (Å²) in [6.07, 6.45) is 11.2. The van der Waals surface area contributed by atoms with Crippen molar-refractivity contribution in [2.24, 2.45) is 5.92 Å². The molecule has 7 aliphatic rings. The Morgan fingerprint density at radius 3 is 2.41 bits per heavy atom. The molecule has 5 aliphatic heterocycles. The van der Waals surface area contributed by atoms with Crippen LogP contribution in [0.2, 0.25) is 0 Å². The molecule has 4 N–H and O–H groups in total. The number of carbonyl (C=O) groups excluding carboxylic acids is 1. The predicted molar refractivity (Wildman–Crippen MR) is 346 cm³/mol. The van der Waals surface area contributed by atoms with Crippen molar-refractivity contribution in [3.63, 3.8) is 0 Å². The maximum Gasteiger partial charge on any atom is 0.293 e. The summed E-state index contributed by atoms with van der Waals surface area (Å²) in [5.41, 5.74) is 5.78. The van der Waals surface area contributed by atoms with Gasteiger partial charge in [0.1, 0.15) is 23.1 Å². The topological polar surface area (TPSA) is 237 Å². The minimum absolute atomic E-state index is 0.105. The number of nitro benzene ring substituents is 1. The predicted octanol–water partition coefficient (Wildman–Crippen LogP) is 8.99. The van der Waals surface area contributed by atoms with E-state index in [-0.39, 0.29) is 29.3 Å². The van der Waals surface area contributed by atoms with Crippen molar-refractivity contribution < 1.29 is 42.2 Å². The van der Waals surface area contributed by atoms with Gasteiger partial charge in [-0.3, -0.25) is 29.6 Å². The van der Waals surface area contributed by atoms with Gasteiger partial charge in [0, 0.05) is 126 Å². The molecule has 6 aromatic rings. The molecule has 4 saturated heterocycles. The molecular formula is C67H86N12O10S. The Kier molecular flexibility index (Phi) is 18.0. The summed E-state index contributed by atoms with van der Waals surface area (Å²) < 4.78 is 55.0. The van der Waals surface area contributed by atoms with Crippen LogP contribution >= 0.6 is 0 Å². The molecule has 23 heteroatoms. The Hall–Kier alpha value is -7.12. The average Bonchev–Trinajstić information content (AvgIpc) is 1.07. The number of sulfonamides is 1. The summed E-state index contributed by atoms with van der Waals surface area (Å²) in [6, 6.07) is 25.3. The molecule has 3 atom stereocenters. The van der Waals surface area contributed by atoms with Crippen molar-refractivity contribution in [3.05, 3.63) is 124 Å². The van der Waals surface area contributed by atoms with E-state index in [1.807, 2.05) is 43.6 Å². The summed E-state index contributed by atoms with van der Waals surface area (Å²) in [5, 5.41) is 26.9. The molecule has 22 nitrogen and oxygen atoms in total. The average molecular weight is 1250 g/mol. The van der Waals surface area contributed by atoms with Crippen LogP contribution in [0, 0.1) is 16.0 Å². The Balaban J connectivity index is 0.712. The van der Waals surface area contributed by atoms with Crippen molar-refractivity contribution in [1.82, 2.24) is 34.4 Å². The number of nitrogens with zero attached hydrogens (tertiary/aromatic N) is 9. The largest absolute Gasteiger partial charge is 0.493 e. The summed E-state index contributed by atoms with van der Waals surface area (Å²) in [5.74, 6) is 1.76. The highest BCUT2D eigenvalue weighted by Gasteiger charge is 2.43. The molecule has 13 rings (SSSR count). The van der Waals surface area contributed by atoms with E-state index in [1.54, 1.807) is 13.2 Å². The molecule has 3 aromatic carbocycles. The number of morpholine rings is 1. The number of methoxy groups -OCH3 is 1. The third-order valence-corrected chi connectivity index (χ3v) is 21.5. The number of rotatable bonds is 17. The number of piperazine rings is 2. The van der Waals surface area contributed by atoms with E-state index in [0.717, 1.165) is 138 Å². The van der Waals surface area contributed by atoms with Gasteiger partial charge in [-0.2, -0.15) is 4.98 Å². The highest BCUT2D eigenvalue weighted by molar-refractivity contribution is 7.90. The van der Waals surface area contributed by atoms with Crippen molar-refractivity contribution in [2.45, 2.75) is 132 Å². The summed E-state index contributed by atoms with van der Waals surface area (Å²) in [7, 11) is -2.91. The van der Waals surface area contributed by atoms with Crippen molar-refractivity contribution >= 4 is 61.2 Å². The number of hydrogen-bond acceptors (Lipinski definition) is 19. The number of pyridine rings is 2. The molecule has 0 spiro atoms. The second-order valence-electron chi connectivity index (χ2n) is 26.3. The third-order valence-electron chi connectivity index (χ3n) is 20.2. The SMILES string of the molecule is COc1cc(CN2CCN(C3CCC(N4CCN(c5ccc(C(=O)NS(=O)(=O)c6ccc(NC[C@H]7CC[C@](C)(O)CC7)c([N+](=O)[O-])c6)c(N6c7cc8cc[nH]c8nc7O[C@H]7COCC[C@@H]76)c5)CC4)CC3)[C@H](c3ccccc3C(C)C)C2)cnc1N1CCOCC1. The van der Waals surface area contributed by atoms with Crippen LogP contribution in [0.15, 0.2) is 96.2 Å². The number of ether oxygens (including phenoxy) is 4. The van der Waals surface area contributed by atoms with Crippen LogP contribution in [0.25, 0.3) is 11.0 Å². The minimum atomic E-state index is -4.65. The first kappa shape index (κ1) is 61.7. The maximum absolute atomic E-state index is 14.9. The Labute approximate surface area is 527 Å². The molecule has 2 aliphatic carbocycles. The molecule has 2 saturated carbocycles. The Morgan fingerprint density at radius 1 is 0.867 bits per heavy atom.